The van der Waals surface area contributed by atoms with Crippen molar-refractivity contribution >= 4 is 23.3 Å². The maximum atomic E-state index is 12.2. The first-order valence-corrected chi connectivity index (χ1v) is 8.67. The standard InChI is InChI=1S/C20H19ClN4O/c1-14(16-5-3-2-4-6-16)23-19-12-11-18(24-25-19)20(26)22-13-15-7-9-17(21)10-8-15/h2-12,14H,13H2,1H3,(H,22,26)(H,23,25). The van der Waals surface area contributed by atoms with E-state index in [4.69, 9.17) is 11.6 Å². The van der Waals surface area contributed by atoms with Gasteiger partial charge in [0.1, 0.15) is 5.82 Å². The number of amides is 1. The number of anilines is 1. The number of nitrogens with zero attached hydrogens (tertiary/aromatic N) is 2. The molecule has 26 heavy (non-hydrogen) atoms. The first kappa shape index (κ1) is 17.9. The highest BCUT2D eigenvalue weighted by Gasteiger charge is 2.10. The molecule has 132 valence electrons. The Morgan fingerprint density at radius 3 is 2.38 bits per heavy atom. The molecular weight excluding hydrogens is 348 g/mol. The van der Waals surface area contributed by atoms with E-state index >= 15 is 0 Å². The Balaban J connectivity index is 1.56. The van der Waals surface area contributed by atoms with E-state index in [1.54, 1.807) is 24.3 Å². The molecule has 1 unspecified atom stereocenters. The molecule has 0 aliphatic heterocycles. The number of hydrogen-bond donors (Lipinski definition) is 2. The molecular formula is C20H19ClN4O. The molecule has 6 heteroatoms. The minimum Gasteiger partial charge on any atom is -0.362 e. The third kappa shape index (κ3) is 4.80. The van der Waals surface area contributed by atoms with Crippen LogP contribution in [0.15, 0.2) is 66.7 Å². The van der Waals surface area contributed by atoms with Gasteiger partial charge < -0.3 is 10.6 Å². The van der Waals surface area contributed by atoms with Gasteiger partial charge in [-0.1, -0.05) is 54.1 Å². The zero-order chi connectivity index (χ0) is 18.4. The number of halogens is 1. The number of carbonyl (C=O) groups excluding carboxylic acids is 1. The highest BCUT2D eigenvalue weighted by Crippen LogP contribution is 2.17. The lowest BCUT2D eigenvalue weighted by atomic mass is 10.1. The van der Waals surface area contributed by atoms with Gasteiger partial charge in [0.15, 0.2) is 5.69 Å². The molecule has 0 radical (unpaired) electrons. The number of hydrogen-bond acceptors (Lipinski definition) is 4. The molecule has 1 heterocycles. The van der Waals surface area contributed by atoms with Crippen LogP contribution in [0.3, 0.4) is 0 Å². The van der Waals surface area contributed by atoms with Crippen LogP contribution in [0.5, 0.6) is 0 Å². The maximum absolute atomic E-state index is 12.2. The zero-order valence-corrected chi connectivity index (χ0v) is 15.1. The monoisotopic (exact) mass is 366 g/mol. The van der Waals surface area contributed by atoms with Gasteiger partial charge in [-0.25, -0.2) is 0 Å². The van der Waals surface area contributed by atoms with Gasteiger partial charge in [-0.15, -0.1) is 10.2 Å². The van der Waals surface area contributed by atoms with Crippen LogP contribution >= 0.6 is 11.6 Å². The van der Waals surface area contributed by atoms with E-state index < -0.39 is 0 Å². The lowest BCUT2D eigenvalue weighted by Gasteiger charge is -2.14. The molecule has 1 aromatic heterocycles. The van der Waals surface area contributed by atoms with Gasteiger partial charge in [0.05, 0.1) is 0 Å². The van der Waals surface area contributed by atoms with Crippen molar-refractivity contribution < 1.29 is 4.79 Å². The van der Waals surface area contributed by atoms with E-state index in [9.17, 15) is 4.79 Å². The van der Waals surface area contributed by atoms with Crippen molar-refractivity contribution in [3.8, 4) is 0 Å². The molecule has 0 aliphatic rings. The largest absolute Gasteiger partial charge is 0.362 e. The van der Waals surface area contributed by atoms with Gasteiger partial charge in [0, 0.05) is 17.6 Å². The molecule has 0 saturated carbocycles. The molecule has 2 aromatic carbocycles. The van der Waals surface area contributed by atoms with Crippen LogP contribution in [0.2, 0.25) is 5.02 Å². The fraction of sp³-hybridized carbons (Fsp3) is 0.150. The van der Waals surface area contributed by atoms with Crippen molar-refractivity contribution in [2.75, 3.05) is 5.32 Å². The summed E-state index contributed by atoms with van der Waals surface area (Å²) in [5.41, 5.74) is 2.39. The average molecular weight is 367 g/mol. The normalized spacial score (nSPS) is 11.6. The molecule has 0 spiro atoms. The van der Waals surface area contributed by atoms with Crippen LogP contribution in [-0.4, -0.2) is 16.1 Å². The van der Waals surface area contributed by atoms with Crippen LogP contribution in [0.4, 0.5) is 5.82 Å². The lowest BCUT2D eigenvalue weighted by molar-refractivity contribution is 0.0945. The molecule has 3 aromatic rings. The van der Waals surface area contributed by atoms with Gasteiger partial charge in [0.2, 0.25) is 0 Å². The van der Waals surface area contributed by atoms with Gasteiger partial charge in [-0.05, 0) is 42.3 Å². The molecule has 5 nitrogen and oxygen atoms in total. The first-order valence-electron chi connectivity index (χ1n) is 8.29. The number of benzene rings is 2. The molecule has 0 fully saturated rings. The van der Waals surface area contributed by atoms with Crippen molar-refractivity contribution in [1.29, 1.82) is 0 Å². The van der Waals surface area contributed by atoms with Crippen molar-refractivity contribution in [3.05, 3.63) is 88.6 Å². The zero-order valence-electron chi connectivity index (χ0n) is 14.3. The van der Waals surface area contributed by atoms with Crippen LogP contribution in [-0.2, 0) is 6.54 Å². The summed E-state index contributed by atoms with van der Waals surface area (Å²) in [6.07, 6.45) is 0. The predicted molar refractivity (Wildman–Crippen MR) is 103 cm³/mol. The number of aromatic nitrogens is 2. The summed E-state index contributed by atoms with van der Waals surface area (Å²) in [6, 6.07) is 20.9. The van der Waals surface area contributed by atoms with Crippen LogP contribution in [0.1, 0.15) is 34.6 Å². The molecule has 0 aliphatic carbocycles. The van der Waals surface area contributed by atoms with Gasteiger partial charge in [0.25, 0.3) is 5.91 Å². The Morgan fingerprint density at radius 1 is 1.00 bits per heavy atom. The number of nitrogens with one attached hydrogen (secondary N) is 2. The quantitative estimate of drug-likeness (QED) is 0.685. The third-order valence-corrected chi connectivity index (χ3v) is 4.18. The summed E-state index contributed by atoms with van der Waals surface area (Å²) < 4.78 is 0. The van der Waals surface area contributed by atoms with Crippen molar-refractivity contribution in [2.24, 2.45) is 0 Å². The van der Waals surface area contributed by atoms with E-state index in [0.29, 0.717) is 17.4 Å². The second kappa shape index (κ2) is 8.45. The van der Waals surface area contributed by atoms with Crippen molar-refractivity contribution in [2.45, 2.75) is 19.5 Å². The fourth-order valence-electron chi connectivity index (χ4n) is 2.45. The molecule has 1 amide bonds. The number of carbonyl (C=O) groups is 1. The Labute approximate surface area is 157 Å². The van der Waals surface area contributed by atoms with Crippen LogP contribution in [0.25, 0.3) is 0 Å². The summed E-state index contributed by atoms with van der Waals surface area (Å²) in [5.74, 6) is 0.353. The molecule has 0 saturated heterocycles. The topological polar surface area (TPSA) is 66.9 Å². The smallest absolute Gasteiger partial charge is 0.272 e. The average Bonchev–Trinajstić information content (AvgIpc) is 2.68. The maximum Gasteiger partial charge on any atom is 0.272 e. The first-order chi connectivity index (χ1) is 12.6. The Kier molecular flexibility index (Phi) is 5.81. The van der Waals surface area contributed by atoms with E-state index in [2.05, 4.69) is 20.8 Å². The Hall–Kier alpha value is -2.92. The summed E-state index contributed by atoms with van der Waals surface area (Å²) in [6.45, 7) is 2.45. The van der Waals surface area contributed by atoms with E-state index in [0.717, 1.165) is 11.1 Å². The second-order valence-corrected chi connectivity index (χ2v) is 6.33. The minimum atomic E-state index is -0.268. The lowest BCUT2D eigenvalue weighted by Crippen LogP contribution is -2.24. The molecule has 1 atom stereocenters. The molecule has 3 rings (SSSR count). The van der Waals surface area contributed by atoms with Crippen molar-refractivity contribution in [1.82, 2.24) is 15.5 Å². The third-order valence-electron chi connectivity index (χ3n) is 3.93. The summed E-state index contributed by atoms with van der Waals surface area (Å²) in [7, 11) is 0. The van der Waals surface area contributed by atoms with E-state index in [1.807, 2.05) is 49.4 Å². The predicted octanol–water partition coefficient (Wildman–Crippen LogP) is 4.23. The van der Waals surface area contributed by atoms with Gasteiger partial charge in [-0.3, -0.25) is 4.79 Å². The molecule has 2 N–H and O–H groups in total. The van der Waals surface area contributed by atoms with Crippen LogP contribution < -0.4 is 10.6 Å². The SMILES string of the molecule is CC(Nc1ccc(C(=O)NCc2ccc(Cl)cc2)nn1)c1ccccc1. The van der Waals surface area contributed by atoms with E-state index in [1.165, 1.54) is 0 Å². The van der Waals surface area contributed by atoms with Crippen LogP contribution in [0, 0.1) is 0 Å². The Morgan fingerprint density at radius 2 is 1.73 bits per heavy atom. The van der Waals surface area contributed by atoms with Gasteiger partial charge >= 0.3 is 0 Å². The fourth-order valence-corrected chi connectivity index (χ4v) is 2.58. The summed E-state index contributed by atoms with van der Waals surface area (Å²) in [5, 5.41) is 14.8. The minimum absolute atomic E-state index is 0.0927. The highest BCUT2D eigenvalue weighted by atomic mass is 35.5. The van der Waals surface area contributed by atoms with E-state index in [-0.39, 0.29) is 17.6 Å². The second-order valence-electron chi connectivity index (χ2n) is 5.89. The van der Waals surface area contributed by atoms with Crippen molar-refractivity contribution in [3.63, 3.8) is 0 Å². The Bertz CT molecular complexity index is 851. The highest BCUT2D eigenvalue weighted by molar-refractivity contribution is 6.30. The van der Waals surface area contributed by atoms with Gasteiger partial charge in [-0.2, -0.15) is 0 Å². The summed E-state index contributed by atoms with van der Waals surface area (Å²) in [4.78, 5) is 12.2. The molecule has 0 bridgehead atoms. The summed E-state index contributed by atoms with van der Waals surface area (Å²) >= 11 is 5.85. The number of rotatable bonds is 6.